The lowest BCUT2D eigenvalue weighted by Crippen LogP contribution is -2.20. The number of nitrogens with two attached hydrogens (primary N) is 1. The summed E-state index contributed by atoms with van der Waals surface area (Å²) in [4.78, 5) is 6.67. The van der Waals surface area contributed by atoms with Gasteiger partial charge in [-0.15, -0.1) is 0 Å². The first-order valence-electron chi connectivity index (χ1n) is 5.31. The zero-order valence-corrected chi connectivity index (χ0v) is 9.57. The van der Waals surface area contributed by atoms with Gasteiger partial charge in [0.15, 0.2) is 5.13 Å². The summed E-state index contributed by atoms with van der Waals surface area (Å²) in [6.45, 7) is 1.58. The average Bonchev–Trinajstić information content (AvgIpc) is 2.83. The number of benzene rings is 1. The van der Waals surface area contributed by atoms with Crippen LogP contribution >= 0.6 is 11.3 Å². The van der Waals surface area contributed by atoms with Gasteiger partial charge in [0.1, 0.15) is 0 Å². The first-order chi connectivity index (χ1) is 7.72. The van der Waals surface area contributed by atoms with Gasteiger partial charge in [-0.25, -0.2) is 4.98 Å². The Morgan fingerprint density at radius 1 is 1.50 bits per heavy atom. The van der Waals surface area contributed by atoms with Crippen LogP contribution in [-0.4, -0.2) is 29.3 Å². The molecule has 2 heterocycles. The van der Waals surface area contributed by atoms with Gasteiger partial charge in [-0.05, 0) is 24.6 Å². The molecule has 1 aliphatic heterocycles. The summed E-state index contributed by atoms with van der Waals surface area (Å²) in [5, 5.41) is 10.5. The number of nitrogen functional groups attached to an aromatic ring is 1. The van der Waals surface area contributed by atoms with Crippen LogP contribution in [-0.2, 0) is 0 Å². The number of rotatable bonds is 1. The minimum absolute atomic E-state index is 0.211. The molecule has 1 fully saturated rings. The van der Waals surface area contributed by atoms with Gasteiger partial charge in [0.05, 0.1) is 16.3 Å². The number of nitrogens with zero attached hydrogens (tertiary/aromatic N) is 2. The van der Waals surface area contributed by atoms with Gasteiger partial charge < -0.3 is 15.7 Å². The fourth-order valence-corrected chi connectivity index (χ4v) is 2.96. The molecule has 0 amide bonds. The summed E-state index contributed by atoms with van der Waals surface area (Å²) in [5.41, 5.74) is 7.41. The quantitative estimate of drug-likeness (QED) is 0.734. The highest BCUT2D eigenvalue weighted by molar-refractivity contribution is 7.22. The van der Waals surface area contributed by atoms with Gasteiger partial charge in [0.25, 0.3) is 0 Å². The van der Waals surface area contributed by atoms with Crippen molar-refractivity contribution in [1.29, 1.82) is 0 Å². The normalized spacial score (nSPS) is 20.8. The number of hydrogen-bond acceptors (Lipinski definition) is 5. The molecular formula is C11H13N3OS. The van der Waals surface area contributed by atoms with E-state index in [0.29, 0.717) is 6.54 Å². The third kappa shape index (κ3) is 1.62. The van der Waals surface area contributed by atoms with Gasteiger partial charge >= 0.3 is 0 Å². The van der Waals surface area contributed by atoms with Gasteiger partial charge in [-0.3, -0.25) is 0 Å². The Morgan fingerprint density at radius 2 is 2.38 bits per heavy atom. The molecule has 5 heteroatoms. The average molecular weight is 235 g/mol. The Morgan fingerprint density at radius 3 is 3.12 bits per heavy atom. The molecule has 2 aromatic rings. The first-order valence-corrected chi connectivity index (χ1v) is 6.13. The van der Waals surface area contributed by atoms with Gasteiger partial charge in [-0.2, -0.15) is 0 Å². The van der Waals surface area contributed by atoms with Crippen molar-refractivity contribution in [2.75, 3.05) is 23.7 Å². The molecule has 4 nitrogen and oxygen atoms in total. The van der Waals surface area contributed by atoms with Gasteiger partial charge in [0.2, 0.25) is 0 Å². The van der Waals surface area contributed by atoms with E-state index in [4.69, 9.17) is 5.73 Å². The van der Waals surface area contributed by atoms with Crippen molar-refractivity contribution in [3.8, 4) is 0 Å². The third-order valence-corrected chi connectivity index (χ3v) is 3.93. The predicted molar refractivity (Wildman–Crippen MR) is 66.9 cm³/mol. The van der Waals surface area contributed by atoms with Gasteiger partial charge in [0, 0.05) is 18.8 Å². The number of thiazole rings is 1. The van der Waals surface area contributed by atoms with Crippen molar-refractivity contribution in [2.45, 2.75) is 12.5 Å². The molecule has 0 saturated carbocycles. The Labute approximate surface area is 97.3 Å². The van der Waals surface area contributed by atoms with Crippen LogP contribution in [0, 0.1) is 0 Å². The topological polar surface area (TPSA) is 62.4 Å². The van der Waals surface area contributed by atoms with Crippen molar-refractivity contribution >= 4 is 32.4 Å². The molecule has 1 atom stereocenters. The third-order valence-electron chi connectivity index (χ3n) is 2.83. The fourth-order valence-electron chi connectivity index (χ4n) is 1.98. The summed E-state index contributed by atoms with van der Waals surface area (Å²) in [6, 6.07) is 5.78. The zero-order valence-electron chi connectivity index (χ0n) is 8.76. The molecule has 0 spiro atoms. The molecule has 84 valence electrons. The number of hydrogen-bond donors (Lipinski definition) is 2. The molecule has 16 heavy (non-hydrogen) atoms. The lowest BCUT2D eigenvalue weighted by atomic mass is 10.3. The van der Waals surface area contributed by atoms with Crippen molar-refractivity contribution in [2.24, 2.45) is 0 Å². The van der Waals surface area contributed by atoms with E-state index in [2.05, 4.69) is 9.88 Å². The van der Waals surface area contributed by atoms with E-state index in [0.717, 1.165) is 34.0 Å². The first kappa shape index (κ1) is 9.86. The molecule has 0 unspecified atom stereocenters. The second kappa shape index (κ2) is 3.61. The fraction of sp³-hybridized carbons (Fsp3) is 0.364. The highest BCUT2D eigenvalue weighted by Gasteiger charge is 2.22. The van der Waals surface area contributed by atoms with E-state index in [1.54, 1.807) is 11.3 Å². The van der Waals surface area contributed by atoms with Crippen LogP contribution in [0.2, 0.25) is 0 Å². The van der Waals surface area contributed by atoms with Crippen LogP contribution in [0.15, 0.2) is 18.2 Å². The van der Waals surface area contributed by atoms with Gasteiger partial charge in [-0.1, -0.05) is 11.3 Å². The van der Waals surface area contributed by atoms with E-state index in [1.165, 1.54) is 0 Å². The van der Waals surface area contributed by atoms with Crippen LogP contribution in [0.25, 0.3) is 10.2 Å². The molecule has 1 aromatic carbocycles. The number of aromatic nitrogens is 1. The molecule has 3 N–H and O–H groups in total. The minimum Gasteiger partial charge on any atom is -0.399 e. The van der Waals surface area contributed by atoms with Crippen molar-refractivity contribution in [3.05, 3.63) is 18.2 Å². The standard InChI is InChI=1S/C11H13N3OS/c12-7-1-2-10-9(5-7)13-11(16-10)14-4-3-8(15)6-14/h1-2,5,8,15H,3-4,6,12H2/t8-/m1/s1. The summed E-state index contributed by atoms with van der Waals surface area (Å²) in [7, 11) is 0. The summed E-state index contributed by atoms with van der Waals surface area (Å²) >= 11 is 1.65. The lowest BCUT2D eigenvalue weighted by molar-refractivity contribution is 0.198. The lowest BCUT2D eigenvalue weighted by Gasteiger charge is -2.12. The maximum atomic E-state index is 9.50. The Kier molecular flexibility index (Phi) is 2.22. The van der Waals surface area contributed by atoms with Crippen LogP contribution < -0.4 is 10.6 Å². The molecule has 0 radical (unpaired) electrons. The van der Waals surface area contributed by atoms with Crippen LogP contribution in [0.1, 0.15) is 6.42 Å². The van der Waals surface area contributed by atoms with E-state index in [1.807, 2.05) is 18.2 Å². The summed E-state index contributed by atoms with van der Waals surface area (Å²) in [6.07, 6.45) is 0.620. The Balaban J connectivity index is 1.99. The maximum Gasteiger partial charge on any atom is 0.186 e. The van der Waals surface area contributed by atoms with E-state index >= 15 is 0 Å². The number of anilines is 2. The number of aliphatic hydroxyl groups excluding tert-OH is 1. The Bertz CT molecular complexity index is 525. The molecule has 0 aliphatic carbocycles. The Hall–Kier alpha value is -1.33. The molecule has 1 saturated heterocycles. The summed E-state index contributed by atoms with van der Waals surface area (Å²) < 4.78 is 1.14. The van der Waals surface area contributed by atoms with E-state index < -0.39 is 0 Å². The van der Waals surface area contributed by atoms with E-state index in [-0.39, 0.29) is 6.10 Å². The summed E-state index contributed by atoms with van der Waals surface area (Å²) in [5.74, 6) is 0. The van der Waals surface area contributed by atoms with Crippen LogP contribution in [0.5, 0.6) is 0 Å². The highest BCUT2D eigenvalue weighted by atomic mass is 32.1. The number of β-amino-alcohol motifs (C(OH)–C–C–N with tert-alkyl or cyclic N) is 1. The predicted octanol–water partition coefficient (Wildman–Crippen LogP) is 1.45. The SMILES string of the molecule is Nc1ccc2sc(N3CC[C@@H](O)C3)nc2c1. The number of fused-ring (bicyclic) bond motifs is 1. The largest absolute Gasteiger partial charge is 0.399 e. The van der Waals surface area contributed by atoms with Crippen molar-refractivity contribution < 1.29 is 5.11 Å². The molecule has 3 rings (SSSR count). The maximum absolute atomic E-state index is 9.50. The molecule has 1 aliphatic rings. The van der Waals surface area contributed by atoms with Crippen LogP contribution in [0.3, 0.4) is 0 Å². The molecular weight excluding hydrogens is 222 g/mol. The zero-order chi connectivity index (χ0) is 11.1. The molecule has 1 aromatic heterocycles. The van der Waals surface area contributed by atoms with Crippen molar-refractivity contribution in [3.63, 3.8) is 0 Å². The highest BCUT2D eigenvalue weighted by Crippen LogP contribution is 2.31. The molecule has 0 bridgehead atoms. The smallest absolute Gasteiger partial charge is 0.186 e. The van der Waals surface area contributed by atoms with E-state index in [9.17, 15) is 5.11 Å². The monoisotopic (exact) mass is 235 g/mol. The minimum atomic E-state index is -0.211. The van der Waals surface area contributed by atoms with Crippen molar-refractivity contribution in [1.82, 2.24) is 4.98 Å². The second-order valence-electron chi connectivity index (χ2n) is 4.11. The van der Waals surface area contributed by atoms with Crippen LogP contribution in [0.4, 0.5) is 10.8 Å². The number of aliphatic hydroxyl groups is 1. The second-order valence-corrected chi connectivity index (χ2v) is 5.12.